The zero-order valence-electron chi connectivity index (χ0n) is 22.5. The molecule has 1 aliphatic rings. The summed E-state index contributed by atoms with van der Waals surface area (Å²) in [5, 5.41) is 2.66. The lowest BCUT2D eigenvalue weighted by Gasteiger charge is -2.43. The van der Waals surface area contributed by atoms with Gasteiger partial charge in [-0.25, -0.2) is 0 Å². The van der Waals surface area contributed by atoms with Crippen molar-refractivity contribution < 1.29 is 9.16 Å². The Morgan fingerprint density at radius 3 is 1.94 bits per heavy atom. The van der Waals surface area contributed by atoms with Crippen LogP contribution < -0.4 is 10.4 Å². The number of rotatable bonds is 9. The zero-order chi connectivity index (χ0) is 25.4. The molecule has 1 aliphatic heterocycles. The summed E-state index contributed by atoms with van der Waals surface area (Å²) in [5.41, 5.74) is 2.92. The molecule has 0 aromatic heterocycles. The van der Waals surface area contributed by atoms with Crippen LogP contribution in [0.5, 0.6) is 0 Å². The van der Waals surface area contributed by atoms with Crippen molar-refractivity contribution >= 4 is 18.7 Å². The maximum Gasteiger partial charge on any atom is 0.261 e. The Morgan fingerprint density at radius 1 is 0.861 bits per heavy atom. The Balaban J connectivity index is 1.61. The molecule has 190 valence electrons. The third kappa shape index (κ3) is 6.08. The molecule has 4 rings (SSSR count). The van der Waals surface area contributed by atoms with E-state index in [0.717, 1.165) is 32.3 Å². The van der Waals surface area contributed by atoms with Crippen molar-refractivity contribution in [3.8, 4) is 0 Å². The number of aryl methyl sites for hydroxylation is 1. The van der Waals surface area contributed by atoms with Gasteiger partial charge in [0.25, 0.3) is 8.32 Å². The van der Waals surface area contributed by atoms with Crippen LogP contribution in [0.25, 0.3) is 0 Å². The number of hydrogen-bond donors (Lipinski definition) is 0. The first kappa shape index (κ1) is 26.6. The largest absolute Gasteiger partial charge is 0.404 e. The molecule has 2 nitrogen and oxygen atoms in total. The van der Waals surface area contributed by atoms with E-state index in [1.165, 1.54) is 21.5 Å². The van der Waals surface area contributed by atoms with Gasteiger partial charge in [-0.15, -0.1) is 0 Å². The summed E-state index contributed by atoms with van der Waals surface area (Å²) < 4.78 is 13.4. The van der Waals surface area contributed by atoms with E-state index in [9.17, 15) is 0 Å². The zero-order valence-corrected chi connectivity index (χ0v) is 23.5. The summed E-state index contributed by atoms with van der Waals surface area (Å²) in [6, 6.07) is 32.7. The average molecular weight is 499 g/mol. The van der Waals surface area contributed by atoms with E-state index in [2.05, 4.69) is 125 Å². The molecule has 36 heavy (non-hydrogen) atoms. The Kier molecular flexibility index (Phi) is 9.00. The van der Waals surface area contributed by atoms with Crippen molar-refractivity contribution in [1.29, 1.82) is 0 Å². The van der Waals surface area contributed by atoms with Gasteiger partial charge in [0.15, 0.2) is 0 Å². The van der Waals surface area contributed by atoms with Crippen molar-refractivity contribution in [3.05, 3.63) is 108 Å². The molecule has 0 unspecified atom stereocenters. The molecule has 2 atom stereocenters. The Bertz CT molecular complexity index is 1050. The summed E-state index contributed by atoms with van der Waals surface area (Å²) in [4.78, 5) is 0. The SMILES string of the molecule is CC[C@@H]1C/C(=C\CO[Si](c2ccccc2)(c2ccccc2)C(C)(C)C)[C@@H](CCc2ccccc2)CO1. The van der Waals surface area contributed by atoms with Gasteiger partial charge in [0.05, 0.1) is 19.3 Å². The second-order valence-corrected chi connectivity index (χ2v) is 15.3. The fraction of sp³-hybridized carbons (Fsp3) is 0.394. The van der Waals surface area contributed by atoms with Crippen LogP contribution in [0.3, 0.4) is 0 Å². The first-order valence-corrected chi connectivity index (χ1v) is 15.4. The Morgan fingerprint density at radius 2 is 1.42 bits per heavy atom. The summed E-state index contributed by atoms with van der Waals surface area (Å²) in [7, 11) is -2.53. The van der Waals surface area contributed by atoms with Gasteiger partial charge < -0.3 is 9.16 Å². The van der Waals surface area contributed by atoms with E-state index < -0.39 is 8.32 Å². The Hall–Kier alpha value is -2.46. The predicted molar refractivity (Wildman–Crippen MR) is 155 cm³/mol. The van der Waals surface area contributed by atoms with Crippen molar-refractivity contribution in [2.75, 3.05) is 13.2 Å². The minimum Gasteiger partial charge on any atom is -0.404 e. The molecule has 1 saturated heterocycles. The normalized spacial score (nSPS) is 19.9. The topological polar surface area (TPSA) is 18.5 Å². The minimum atomic E-state index is -2.53. The van der Waals surface area contributed by atoms with Gasteiger partial charge in [0, 0.05) is 5.92 Å². The van der Waals surface area contributed by atoms with Gasteiger partial charge >= 0.3 is 0 Å². The molecular formula is C33H42O2Si. The van der Waals surface area contributed by atoms with Crippen LogP contribution in [0.4, 0.5) is 0 Å². The summed E-state index contributed by atoms with van der Waals surface area (Å²) in [6.07, 6.45) is 6.99. The van der Waals surface area contributed by atoms with Gasteiger partial charge in [0.1, 0.15) is 0 Å². The molecule has 0 saturated carbocycles. The third-order valence-electron chi connectivity index (χ3n) is 7.66. The molecule has 0 bridgehead atoms. The van der Waals surface area contributed by atoms with Crippen molar-refractivity contribution in [2.45, 2.75) is 64.5 Å². The van der Waals surface area contributed by atoms with Gasteiger partial charge in [-0.1, -0.05) is 130 Å². The molecular weight excluding hydrogens is 456 g/mol. The van der Waals surface area contributed by atoms with Crippen LogP contribution in [0, 0.1) is 5.92 Å². The van der Waals surface area contributed by atoms with Gasteiger partial charge in [-0.05, 0) is 46.7 Å². The lowest BCUT2D eigenvalue weighted by Crippen LogP contribution is -2.66. The molecule has 3 heteroatoms. The van der Waals surface area contributed by atoms with Crippen molar-refractivity contribution in [3.63, 3.8) is 0 Å². The van der Waals surface area contributed by atoms with Crippen LogP contribution in [0.15, 0.2) is 103 Å². The standard InChI is InChI=1S/C33H42O2Si/c1-5-30-25-28(29(26-34-30)22-21-27-15-9-6-10-16-27)23-24-35-36(33(2,3)4,31-17-11-7-12-18-31)32-19-13-8-14-20-32/h6-20,23,29-30H,5,21-22,24-26H2,1-4H3/b28-23+/t29-,30+/m0/s1. The summed E-state index contributed by atoms with van der Waals surface area (Å²) >= 11 is 0. The van der Waals surface area contributed by atoms with E-state index >= 15 is 0 Å². The molecule has 0 aliphatic carbocycles. The highest BCUT2D eigenvalue weighted by molar-refractivity contribution is 6.99. The van der Waals surface area contributed by atoms with Crippen molar-refractivity contribution in [2.24, 2.45) is 5.92 Å². The molecule has 3 aromatic rings. The molecule has 1 heterocycles. The maximum absolute atomic E-state index is 7.17. The van der Waals surface area contributed by atoms with Crippen LogP contribution in [-0.4, -0.2) is 27.6 Å². The second kappa shape index (κ2) is 12.2. The fourth-order valence-electron chi connectivity index (χ4n) is 5.65. The highest BCUT2D eigenvalue weighted by atomic mass is 28.4. The predicted octanol–water partition coefficient (Wildman–Crippen LogP) is 6.94. The number of ether oxygens (including phenoxy) is 1. The molecule has 0 N–H and O–H groups in total. The van der Waals surface area contributed by atoms with Gasteiger partial charge in [0.2, 0.25) is 0 Å². The molecule has 0 spiro atoms. The van der Waals surface area contributed by atoms with E-state index in [4.69, 9.17) is 9.16 Å². The van der Waals surface area contributed by atoms with Crippen LogP contribution in [0.2, 0.25) is 5.04 Å². The first-order chi connectivity index (χ1) is 17.4. The maximum atomic E-state index is 7.17. The van der Waals surface area contributed by atoms with Crippen molar-refractivity contribution in [1.82, 2.24) is 0 Å². The van der Waals surface area contributed by atoms with Gasteiger partial charge in [-0.3, -0.25) is 0 Å². The van der Waals surface area contributed by atoms with E-state index in [0.29, 0.717) is 18.6 Å². The quantitative estimate of drug-likeness (QED) is 0.235. The highest BCUT2D eigenvalue weighted by Gasteiger charge is 2.50. The fourth-order valence-corrected chi connectivity index (χ4v) is 10.1. The van der Waals surface area contributed by atoms with Crippen LogP contribution in [-0.2, 0) is 15.6 Å². The minimum absolute atomic E-state index is 0.0114. The number of benzene rings is 3. The smallest absolute Gasteiger partial charge is 0.261 e. The van der Waals surface area contributed by atoms with E-state index in [-0.39, 0.29) is 5.04 Å². The monoisotopic (exact) mass is 498 g/mol. The lowest BCUT2D eigenvalue weighted by molar-refractivity contribution is 0.00616. The van der Waals surface area contributed by atoms with E-state index in [1.807, 2.05) is 0 Å². The van der Waals surface area contributed by atoms with E-state index in [1.54, 1.807) is 0 Å². The summed E-state index contributed by atoms with van der Waals surface area (Å²) in [5.74, 6) is 0.454. The highest BCUT2D eigenvalue weighted by Crippen LogP contribution is 2.37. The molecule has 3 aromatic carbocycles. The average Bonchev–Trinajstić information content (AvgIpc) is 2.91. The second-order valence-electron chi connectivity index (χ2n) is 11.0. The molecule has 1 fully saturated rings. The summed E-state index contributed by atoms with van der Waals surface area (Å²) in [6.45, 7) is 10.7. The first-order valence-electron chi connectivity index (χ1n) is 13.5. The van der Waals surface area contributed by atoms with Gasteiger partial charge in [-0.2, -0.15) is 0 Å². The molecule has 0 radical (unpaired) electrons. The van der Waals surface area contributed by atoms with Crippen LogP contribution in [0.1, 0.15) is 52.5 Å². The Labute approximate surface area is 219 Å². The third-order valence-corrected chi connectivity index (χ3v) is 12.7. The molecule has 0 amide bonds. The van der Waals surface area contributed by atoms with Crippen LogP contribution >= 0.6 is 0 Å². The lowest BCUT2D eigenvalue weighted by atomic mass is 9.86. The number of hydrogen-bond acceptors (Lipinski definition) is 2.